The molecule has 5 nitrogen and oxygen atoms in total. The predicted octanol–water partition coefficient (Wildman–Crippen LogP) is 1.83. The van der Waals surface area contributed by atoms with Gasteiger partial charge in [0, 0.05) is 31.9 Å². The van der Waals surface area contributed by atoms with E-state index in [-0.39, 0.29) is 0 Å². The summed E-state index contributed by atoms with van der Waals surface area (Å²) in [6, 6.07) is 2.56. The number of anilines is 2. The lowest BCUT2D eigenvalue weighted by atomic mass is 10.2. The number of aromatic nitrogens is 2. The van der Waals surface area contributed by atoms with Gasteiger partial charge in [-0.25, -0.2) is 4.98 Å². The van der Waals surface area contributed by atoms with Crippen molar-refractivity contribution < 1.29 is 0 Å². The fourth-order valence-corrected chi connectivity index (χ4v) is 2.74. The fraction of sp³-hybridized carbons (Fsp3) is 0.714. The predicted molar refractivity (Wildman–Crippen MR) is 79.7 cm³/mol. The summed E-state index contributed by atoms with van der Waals surface area (Å²) in [5.41, 5.74) is 0. The molecule has 19 heavy (non-hydrogen) atoms. The summed E-state index contributed by atoms with van der Waals surface area (Å²) < 4.78 is 0. The molecule has 1 aliphatic rings. The Labute approximate surface area is 116 Å². The van der Waals surface area contributed by atoms with Gasteiger partial charge in [0.15, 0.2) is 0 Å². The Balaban J connectivity index is 2.02. The fourth-order valence-electron chi connectivity index (χ4n) is 2.74. The van der Waals surface area contributed by atoms with E-state index in [2.05, 4.69) is 45.9 Å². The standard InChI is InChI=1S/C14H25N5/c1-4-15-13-7-9-16-14(17-13)19-10-8-12(11-19)18(5-2)6-3/h7,9,12H,4-6,8,10-11H2,1-3H3,(H,15,16,17)/t12-/m1/s1. The van der Waals surface area contributed by atoms with Crippen LogP contribution in [0.3, 0.4) is 0 Å². The molecule has 106 valence electrons. The first-order valence-electron chi connectivity index (χ1n) is 7.34. The zero-order valence-electron chi connectivity index (χ0n) is 12.3. The summed E-state index contributed by atoms with van der Waals surface area (Å²) in [4.78, 5) is 13.8. The first kappa shape index (κ1) is 14.1. The molecule has 1 aromatic rings. The van der Waals surface area contributed by atoms with Crippen LogP contribution < -0.4 is 10.2 Å². The van der Waals surface area contributed by atoms with Crippen LogP contribution in [0, 0.1) is 0 Å². The molecule has 0 spiro atoms. The molecular formula is C14H25N5. The maximum atomic E-state index is 4.58. The number of nitrogens with one attached hydrogen (secondary N) is 1. The van der Waals surface area contributed by atoms with Gasteiger partial charge in [-0.05, 0) is 32.5 Å². The molecule has 5 heteroatoms. The maximum Gasteiger partial charge on any atom is 0.227 e. The van der Waals surface area contributed by atoms with Crippen molar-refractivity contribution in [3.8, 4) is 0 Å². The van der Waals surface area contributed by atoms with Gasteiger partial charge in [0.2, 0.25) is 5.95 Å². The van der Waals surface area contributed by atoms with Crippen molar-refractivity contribution in [1.29, 1.82) is 0 Å². The van der Waals surface area contributed by atoms with Crippen molar-refractivity contribution in [1.82, 2.24) is 14.9 Å². The maximum absolute atomic E-state index is 4.58. The molecule has 1 fully saturated rings. The molecule has 0 radical (unpaired) electrons. The van der Waals surface area contributed by atoms with E-state index in [4.69, 9.17) is 0 Å². The minimum atomic E-state index is 0.640. The lowest BCUT2D eigenvalue weighted by Gasteiger charge is -2.26. The van der Waals surface area contributed by atoms with Crippen LogP contribution in [-0.2, 0) is 0 Å². The van der Waals surface area contributed by atoms with E-state index in [0.29, 0.717) is 6.04 Å². The molecule has 1 aliphatic heterocycles. The molecule has 2 heterocycles. The molecule has 1 N–H and O–H groups in total. The molecule has 0 unspecified atom stereocenters. The zero-order chi connectivity index (χ0) is 13.7. The van der Waals surface area contributed by atoms with Crippen molar-refractivity contribution in [3.63, 3.8) is 0 Å². The van der Waals surface area contributed by atoms with E-state index in [1.54, 1.807) is 0 Å². The van der Waals surface area contributed by atoms with Gasteiger partial charge in [-0.2, -0.15) is 4.98 Å². The minimum Gasteiger partial charge on any atom is -0.370 e. The number of hydrogen-bond acceptors (Lipinski definition) is 5. The van der Waals surface area contributed by atoms with Gasteiger partial charge in [-0.1, -0.05) is 13.8 Å². The number of rotatable bonds is 6. The second-order valence-electron chi connectivity index (χ2n) is 4.88. The van der Waals surface area contributed by atoms with Crippen LogP contribution in [-0.4, -0.2) is 53.6 Å². The van der Waals surface area contributed by atoms with Gasteiger partial charge in [0.05, 0.1) is 0 Å². The Morgan fingerprint density at radius 1 is 1.37 bits per heavy atom. The lowest BCUT2D eigenvalue weighted by molar-refractivity contribution is 0.232. The lowest BCUT2D eigenvalue weighted by Crippen LogP contribution is -2.37. The average Bonchev–Trinajstić information content (AvgIpc) is 2.91. The van der Waals surface area contributed by atoms with Crippen molar-refractivity contribution in [3.05, 3.63) is 12.3 Å². The first-order chi connectivity index (χ1) is 9.28. The Bertz CT molecular complexity index is 391. The van der Waals surface area contributed by atoms with Crippen molar-refractivity contribution in [2.24, 2.45) is 0 Å². The number of likely N-dealkylation sites (N-methyl/N-ethyl adjacent to an activating group) is 1. The van der Waals surface area contributed by atoms with Gasteiger partial charge in [0.25, 0.3) is 0 Å². The van der Waals surface area contributed by atoms with Crippen LogP contribution in [0.5, 0.6) is 0 Å². The highest BCUT2D eigenvalue weighted by Crippen LogP contribution is 2.20. The highest BCUT2D eigenvalue weighted by molar-refractivity contribution is 5.42. The highest BCUT2D eigenvalue weighted by Gasteiger charge is 2.27. The van der Waals surface area contributed by atoms with Gasteiger partial charge < -0.3 is 10.2 Å². The monoisotopic (exact) mass is 263 g/mol. The molecule has 2 rings (SSSR count). The van der Waals surface area contributed by atoms with Crippen molar-refractivity contribution in [2.45, 2.75) is 33.2 Å². The highest BCUT2D eigenvalue weighted by atomic mass is 15.3. The number of nitrogens with zero attached hydrogens (tertiary/aromatic N) is 4. The van der Waals surface area contributed by atoms with Crippen LogP contribution in [0.1, 0.15) is 27.2 Å². The van der Waals surface area contributed by atoms with E-state index in [9.17, 15) is 0 Å². The number of hydrogen-bond donors (Lipinski definition) is 1. The van der Waals surface area contributed by atoms with Gasteiger partial charge in [0.1, 0.15) is 5.82 Å². The average molecular weight is 263 g/mol. The Hall–Kier alpha value is -1.36. The molecule has 0 aromatic carbocycles. The normalized spacial score (nSPS) is 19.2. The van der Waals surface area contributed by atoms with E-state index in [1.165, 1.54) is 6.42 Å². The van der Waals surface area contributed by atoms with E-state index in [0.717, 1.165) is 44.5 Å². The van der Waals surface area contributed by atoms with Gasteiger partial charge in [-0.15, -0.1) is 0 Å². The summed E-state index contributed by atoms with van der Waals surface area (Å²) in [5.74, 6) is 1.77. The van der Waals surface area contributed by atoms with Crippen molar-refractivity contribution >= 4 is 11.8 Å². The summed E-state index contributed by atoms with van der Waals surface area (Å²) in [5, 5.41) is 3.24. The van der Waals surface area contributed by atoms with Gasteiger partial charge >= 0.3 is 0 Å². The Morgan fingerprint density at radius 3 is 2.84 bits per heavy atom. The van der Waals surface area contributed by atoms with E-state index in [1.807, 2.05) is 12.3 Å². The third kappa shape index (κ3) is 3.35. The zero-order valence-corrected chi connectivity index (χ0v) is 12.3. The molecule has 0 bridgehead atoms. The molecule has 0 saturated carbocycles. The molecule has 1 atom stereocenters. The van der Waals surface area contributed by atoms with Crippen LogP contribution >= 0.6 is 0 Å². The van der Waals surface area contributed by atoms with Crippen LogP contribution in [0.25, 0.3) is 0 Å². The topological polar surface area (TPSA) is 44.3 Å². The van der Waals surface area contributed by atoms with E-state index < -0.39 is 0 Å². The SMILES string of the molecule is CCNc1ccnc(N2CC[C@@H](N(CC)CC)C2)n1. The summed E-state index contributed by atoms with van der Waals surface area (Å²) in [7, 11) is 0. The third-order valence-corrected chi connectivity index (χ3v) is 3.78. The third-order valence-electron chi connectivity index (χ3n) is 3.78. The minimum absolute atomic E-state index is 0.640. The largest absolute Gasteiger partial charge is 0.370 e. The Morgan fingerprint density at radius 2 is 2.16 bits per heavy atom. The molecule has 0 aliphatic carbocycles. The van der Waals surface area contributed by atoms with Crippen LogP contribution in [0.15, 0.2) is 12.3 Å². The Kier molecular flexibility index (Phi) is 4.96. The quantitative estimate of drug-likeness (QED) is 0.848. The second-order valence-corrected chi connectivity index (χ2v) is 4.88. The molecule has 1 aromatic heterocycles. The van der Waals surface area contributed by atoms with Crippen molar-refractivity contribution in [2.75, 3.05) is 42.9 Å². The second kappa shape index (κ2) is 6.70. The van der Waals surface area contributed by atoms with Gasteiger partial charge in [-0.3, -0.25) is 4.90 Å². The first-order valence-corrected chi connectivity index (χ1v) is 7.34. The molecule has 1 saturated heterocycles. The summed E-state index contributed by atoms with van der Waals surface area (Å²) >= 11 is 0. The van der Waals surface area contributed by atoms with Crippen LogP contribution in [0.2, 0.25) is 0 Å². The molecular weight excluding hydrogens is 238 g/mol. The summed E-state index contributed by atoms with van der Waals surface area (Å²) in [6.07, 6.45) is 3.04. The smallest absolute Gasteiger partial charge is 0.227 e. The van der Waals surface area contributed by atoms with E-state index >= 15 is 0 Å². The summed E-state index contributed by atoms with van der Waals surface area (Å²) in [6.45, 7) is 11.8. The van der Waals surface area contributed by atoms with Crippen LogP contribution in [0.4, 0.5) is 11.8 Å². The molecule has 0 amide bonds.